The van der Waals surface area contributed by atoms with Crippen molar-refractivity contribution in [2.45, 2.75) is 32.2 Å². The van der Waals surface area contributed by atoms with Gasteiger partial charge in [-0.3, -0.25) is 0 Å². The number of aliphatic hydroxyl groups is 1. The average Bonchev–Trinajstić information content (AvgIpc) is 2.40. The maximum Gasteiger partial charge on any atom is 0.416 e. The fraction of sp³-hybridized carbons (Fsp3) is 0.571. The molecule has 2 rings (SSSR count). The zero-order valence-corrected chi connectivity index (χ0v) is 11.3. The van der Waals surface area contributed by atoms with Crippen molar-refractivity contribution >= 4 is 5.69 Å². The fourth-order valence-corrected chi connectivity index (χ4v) is 2.59. The van der Waals surface area contributed by atoms with Gasteiger partial charge in [0.25, 0.3) is 0 Å². The lowest BCUT2D eigenvalue weighted by Gasteiger charge is -2.37. The van der Waals surface area contributed by atoms with Crippen LogP contribution in [0.5, 0.6) is 0 Å². The third kappa shape index (κ3) is 3.07. The van der Waals surface area contributed by atoms with Crippen molar-refractivity contribution < 1.29 is 18.3 Å². The Kier molecular flexibility index (Phi) is 4.25. The van der Waals surface area contributed by atoms with Gasteiger partial charge in [0, 0.05) is 25.3 Å². The van der Waals surface area contributed by atoms with Crippen molar-refractivity contribution in [3.63, 3.8) is 0 Å². The van der Waals surface area contributed by atoms with Crippen LogP contribution in [-0.4, -0.2) is 24.3 Å². The molecule has 1 aromatic carbocycles. The van der Waals surface area contributed by atoms with Gasteiger partial charge < -0.3 is 15.7 Å². The van der Waals surface area contributed by atoms with Gasteiger partial charge in [-0.1, -0.05) is 6.92 Å². The number of alkyl halides is 3. The highest BCUT2D eigenvalue weighted by Gasteiger charge is 2.32. The molecule has 112 valence electrons. The number of piperidine rings is 1. The topological polar surface area (TPSA) is 49.5 Å². The van der Waals surface area contributed by atoms with Crippen LogP contribution in [0.2, 0.25) is 0 Å². The van der Waals surface area contributed by atoms with E-state index in [-0.39, 0.29) is 18.6 Å². The van der Waals surface area contributed by atoms with Crippen LogP contribution < -0.4 is 10.6 Å². The van der Waals surface area contributed by atoms with Gasteiger partial charge in [0.05, 0.1) is 11.7 Å². The van der Waals surface area contributed by atoms with Gasteiger partial charge in [-0.15, -0.1) is 0 Å². The van der Waals surface area contributed by atoms with E-state index in [2.05, 4.69) is 0 Å². The van der Waals surface area contributed by atoms with Gasteiger partial charge in [0.1, 0.15) is 0 Å². The Bertz CT molecular complexity index is 476. The molecule has 20 heavy (non-hydrogen) atoms. The van der Waals surface area contributed by atoms with E-state index in [1.54, 1.807) is 0 Å². The standard InChI is InChI=1S/C14H19F3N2O/c1-9-8-19(5-4-13(9)20)12-3-2-11(14(15,16)17)6-10(12)7-18/h2-3,6,9,13,20H,4-5,7-8,18H2,1H3. The summed E-state index contributed by atoms with van der Waals surface area (Å²) < 4.78 is 38.1. The highest BCUT2D eigenvalue weighted by molar-refractivity contribution is 5.56. The molecule has 1 fully saturated rings. The summed E-state index contributed by atoms with van der Waals surface area (Å²) in [7, 11) is 0. The monoisotopic (exact) mass is 288 g/mol. The number of nitrogens with zero attached hydrogens (tertiary/aromatic N) is 1. The SMILES string of the molecule is CC1CN(c2ccc(C(F)(F)F)cc2CN)CCC1O. The second-order valence-corrected chi connectivity index (χ2v) is 5.32. The molecule has 6 heteroatoms. The average molecular weight is 288 g/mol. The molecule has 0 aliphatic carbocycles. The van der Waals surface area contributed by atoms with E-state index in [9.17, 15) is 18.3 Å². The van der Waals surface area contributed by atoms with Crippen molar-refractivity contribution in [2.24, 2.45) is 11.7 Å². The van der Waals surface area contributed by atoms with Crippen molar-refractivity contribution in [3.8, 4) is 0 Å². The summed E-state index contributed by atoms with van der Waals surface area (Å²) >= 11 is 0. The summed E-state index contributed by atoms with van der Waals surface area (Å²) in [4.78, 5) is 2.00. The molecular weight excluding hydrogens is 269 g/mol. The number of benzene rings is 1. The molecule has 0 bridgehead atoms. The molecule has 0 spiro atoms. The van der Waals surface area contributed by atoms with Crippen LogP contribution in [0, 0.1) is 5.92 Å². The molecule has 3 nitrogen and oxygen atoms in total. The van der Waals surface area contributed by atoms with Crippen LogP contribution in [0.25, 0.3) is 0 Å². The Morgan fingerprint density at radius 2 is 2.10 bits per heavy atom. The molecule has 0 amide bonds. The van der Waals surface area contributed by atoms with E-state index < -0.39 is 11.7 Å². The van der Waals surface area contributed by atoms with Crippen molar-refractivity contribution in [1.82, 2.24) is 0 Å². The van der Waals surface area contributed by atoms with E-state index in [1.165, 1.54) is 6.07 Å². The minimum absolute atomic E-state index is 0.0622. The third-order valence-electron chi connectivity index (χ3n) is 3.83. The lowest BCUT2D eigenvalue weighted by Crippen LogP contribution is -2.42. The molecule has 1 heterocycles. The van der Waals surface area contributed by atoms with Crippen LogP contribution in [0.1, 0.15) is 24.5 Å². The van der Waals surface area contributed by atoms with E-state index in [4.69, 9.17) is 5.73 Å². The summed E-state index contributed by atoms with van der Waals surface area (Å²) in [5.74, 6) is 0.0941. The fourth-order valence-electron chi connectivity index (χ4n) is 2.59. The Morgan fingerprint density at radius 1 is 1.40 bits per heavy atom. The Morgan fingerprint density at radius 3 is 2.65 bits per heavy atom. The van der Waals surface area contributed by atoms with Crippen LogP contribution in [0.3, 0.4) is 0 Å². The van der Waals surface area contributed by atoms with Gasteiger partial charge in [-0.05, 0) is 36.1 Å². The number of anilines is 1. The molecule has 1 aliphatic rings. The molecule has 1 aliphatic heterocycles. The van der Waals surface area contributed by atoms with Gasteiger partial charge in [0.2, 0.25) is 0 Å². The highest BCUT2D eigenvalue weighted by atomic mass is 19.4. The zero-order chi connectivity index (χ0) is 14.9. The predicted molar refractivity (Wildman–Crippen MR) is 71.3 cm³/mol. The number of hydrogen-bond acceptors (Lipinski definition) is 3. The van der Waals surface area contributed by atoms with Gasteiger partial charge in [-0.25, -0.2) is 0 Å². The first-order chi connectivity index (χ1) is 9.32. The second kappa shape index (κ2) is 5.61. The Labute approximate surface area is 116 Å². The minimum Gasteiger partial charge on any atom is -0.393 e. The Hall–Kier alpha value is -1.27. The second-order valence-electron chi connectivity index (χ2n) is 5.32. The molecule has 0 saturated carbocycles. The van der Waals surface area contributed by atoms with E-state index in [1.807, 2.05) is 11.8 Å². The smallest absolute Gasteiger partial charge is 0.393 e. The number of aliphatic hydroxyl groups excluding tert-OH is 1. The van der Waals surface area contributed by atoms with Crippen LogP contribution in [0.15, 0.2) is 18.2 Å². The number of hydrogen-bond donors (Lipinski definition) is 2. The lowest BCUT2D eigenvalue weighted by molar-refractivity contribution is -0.137. The first kappa shape index (κ1) is 15.1. The summed E-state index contributed by atoms with van der Waals surface area (Å²) in [6.45, 7) is 3.25. The zero-order valence-electron chi connectivity index (χ0n) is 11.3. The van der Waals surface area contributed by atoms with E-state index >= 15 is 0 Å². The molecule has 2 unspecified atom stereocenters. The normalized spacial score (nSPS) is 24.0. The summed E-state index contributed by atoms with van der Waals surface area (Å²) in [6, 6.07) is 3.69. The molecule has 0 radical (unpaired) electrons. The maximum absolute atomic E-state index is 12.7. The van der Waals surface area contributed by atoms with E-state index in [0.29, 0.717) is 25.1 Å². The number of halogens is 3. The van der Waals surface area contributed by atoms with Crippen molar-refractivity contribution in [1.29, 1.82) is 0 Å². The Balaban J connectivity index is 2.28. The highest BCUT2D eigenvalue weighted by Crippen LogP contribution is 2.34. The maximum atomic E-state index is 12.7. The predicted octanol–water partition coefficient (Wildman–Crippen LogP) is 2.37. The number of rotatable bonds is 2. The molecule has 1 saturated heterocycles. The summed E-state index contributed by atoms with van der Waals surface area (Å²) in [5.41, 5.74) is 6.14. The van der Waals surface area contributed by atoms with Crippen LogP contribution >= 0.6 is 0 Å². The number of nitrogens with two attached hydrogens (primary N) is 1. The molecule has 0 aromatic heterocycles. The largest absolute Gasteiger partial charge is 0.416 e. The van der Waals surface area contributed by atoms with Gasteiger partial charge >= 0.3 is 6.18 Å². The minimum atomic E-state index is -4.35. The first-order valence-corrected chi connectivity index (χ1v) is 6.66. The van der Waals surface area contributed by atoms with Crippen molar-refractivity contribution in [2.75, 3.05) is 18.0 Å². The first-order valence-electron chi connectivity index (χ1n) is 6.66. The van der Waals surface area contributed by atoms with Crippen LogP contribution in [-0.2, 0) is 12.7 Å². The molecule has 3 N–H and O–H groups in total. The lowest BCUT2D eigenvalue weighted by atomic mass is 9.95. The van der Waals surface area contributed by atoms with Crippen LogP contribution in [0.4, 0.5) is 18.9 Å². The van der Waals surface area contributed by atoms with Gasteiger partial charge in [0.15, 0.2) is 0 Å². The third-order valence-corrected chi connectivity index (χ3v) is 3.83. The molecule has 2 atom stereocenters. The van der Waals surface area contributed by atoms with Crippen molar-refractivity contribution in [3.05, 3.63) is 29.3 Å². The quantitative estimate of drug-likeness (QED) is 0.878. The summed E-state index contributed by atoms with van der Waals surface area (Å²) in [5, 5.41) is 9.72. The van der Waals surface area contributed by atoms with E-state index in [0.717, 1.165) is 17.8 Å². The summed E-state index contributed by atoms with van der Waals surface area (Å²) in [6.07, 6.45) is -4.08. The molecular formula is C14H19F3N2O. The molecule has 1 aromatic rings. The van der Waals surface area contributed by atoms with Gasteiger partial charge in [-0.2, -0.15) is 13.2 Å².